The topological polar surface area (TPSA) is 131 Å². The fraction of sp³-hybridized carbons (Fsp3) is 0.333. The molecule has 0 saturated carbocycles. The summed E-state index contributed by atoms with van der Waals surface area (Å²) in [4.78, 5) is 46.4. The van der Waals surface area contributed by atoms with Crippen molar-refractivity contribution in [2.45, 2.75) is 46.1 Å². The van der Waals surface area contributed by atoms with Crippen LogP contribution in [0.3, 0.4) is 0 Å². The Labute approximate surface area is 310 Å². The Bertz CT molecular complexity index is 2230. The summed E-state index contributed by atoms with van der Waals surface area (Å²) in [5.41, 5.74) is -2.47. The highest BCUT2D eigenvalue weighted by atomic mass is 35.5. The van der Waals surface area contributed by atoms with Gasteiger partial charge in [0.1, 0.15) is 17.1 Å². The van der Waals surface area contributed by atoms with Gasteiger partial charge in [-0.1, -0.05) is 48.0 Å². The maximum atomic E-state index is 15.9. The van der Waals surface area contributed by atoms with Crippen LogP contribution in [-0.2, 0) is 14.9 Å². The lowest BCUT2D eigenvalue weighted by Crippen LogP contribution is -2.41. The third kappa shape index (κ3) is 8.23. The van der Waals surface area contributed by atoms with Gasteiger partial charge in [0.25, 0.3) is 5.91 Å². The molecule has 3 heterocycles. The van der Waals surface area contributed by atoms with Gasteiger partial charge in [0, 0.05) is 55.9 Å². The number of aromatic nitrogens is 2. The van der Waals surface area contributed by atoms with Gasteiger partial charge in [0.05, 0.1) is 32.4 Å². The molecular weight excluding hydrogens is 739 g/mol. The number of halogens is 4. The standard InChI is InChI=1S/C36H35Cl2F2N5O6S/c1-6-43(5)52(49,50)42-28-13-12-27(39)30(31(28)40)32(46)24-20-45(34(47)29-25(37)8-7-9-26(29)38)33-23(24)18-22(19-41-33)11-10-21-14-16-44(17-15-21)35(48)51-36(2,3)4/h7-9,12-13,18-21,42H,6,14-17H2,1-5H3. The van der Waals surface area contributed by atoms with E-state index >= 15 is 8.78 Å². The first-order valence-corrected chi connectivity index (χ1v) is 18.4. The Morgan fingerprint density at radius 3 is 2.35 bits per heavy atom. The lowest BCUT2D eigenvalue weighted by atomic mass is 9.97. The van der Waals surface area contributed by atoms with Gasteiger partial charge in [-0.3, -0.25) is 18.9 Å². The summed E-state index contributed by atoms with van der Waals surface area (Å²) >= 11 is 12.6. The predicted octanol–water partition coefficient (Wildman–Crippen LogP) is 7.15. The summed E-state index contributed by atoms with van der Waals surface area (Å²) in [7, 11) is -2.98. The molecule has 1 aliphatic rings. The summed E-state index contributed by atoms with van der Waals surface area (Å²) in [6.07, 6.45) is 3.24. The molecular formula is C36H35Cl2F2N5O6S. The van der Waals surface area contributed by atoms with E-state index in [4.69, 9.17) is 27.9 Å². The van der Waals surface area contributed by atoms with Crippen LogP contribution in [0, 0.1) is 29.4 Å². The quantitative estimate of drug-likeness (QED) is 0.156. The molecule has 2 aromatic carbocycles. The number of anilines is 1. The maximum absolute atomic E-state index is 15.9. The van der Waals surface area contributed by atoms with Gasteiger partial charge in [0.2, 0.25) is 5.78 Å². The molecule has 0 unspecified atom stereocenters. The number of benzene rings is 2. The SMILES string of the molecule is CCN(C)S(=O)(=O)Nc1ccc(F)c(C(=O)c2cn(C(=O)c3c(Cl)cccc3Cl)c3ncc(C#CC4CCN(C(=O)OC(C)(C)C)CC4)cc23)c1F. The molecule has 52 heavy (non-hydrogen) atoms. The van der Waals surface area contributed by atoms with Crippen molar-refractivity contribution in [3.8, 4) is 11.8 Å². The van der Waals surface area contributed by atoms with Crippen molar-refractivity contribution >= 4 is 67.9 Å². The van der Waals surface area contributed by atoms with Gasteiger partial charge >= 0.3 is 16.3 Å². The number of ketones is 1. The van der Waals surface area contributed by atoms with Crippen LogP contribution in [0.1, 0.15) is 72.4 Å². The molecule has 4 aromatic rings. The second-order valence-electron chi connectivity index (χ2n) is 13.1. The van der Waals surface area contributed by atoms with Crippen LogP contribution < -0.4 is 4.72 Å². The van der Waals surface area contributed by atoms with Crippen LogP contribution in [0.25, 0.3) is 11.0 Å². The van der Waals surface area contributed by atoms with Crippen molar-refractivity contribution in [3.63, 3.8) is 0 Å². The van der Waals surface area contributed by atoms with Crippen LogP contribution in [0.15, 0.2) is 48.8 Å². The number of nitrogens with one attached hydrogen (secondary N) is 1. The molecule has 0 spiro atoms. The minimum absolute atomic E-state index is 0.0153. The number of nitrogens with zero attached hydrogens (tertiary/aromatic N) is 4. The number of carbonyl (C=O) groups excluding carboxylic acids is 3. The van der Waals surface area contributed by atoms with Gasteiger partial charge in [0.15, 0.2) is 5.82 Å². The molecule has 11 nitrogen and oxygen atoms in total. The van der Waals surface area contributed by atoms with Gasteiger partial charge in [-0.15, -0.1) is 0 Å². The number of pyridine rings is 1. The van der Waals surface area contributed by atoms with E-state index in [0.29, 0.717) is 31.5 Å². The lowest BCUT2D eigenvalue weighted by Gasteiger charge is -2.31. The van der Waals surface area contributed by atoms with Crippen LogP contribution in [0.5, 0.6) is 0 Å². The Balaban J connectivity index is 1.55. The number of hydrogen-bond donors (Lipinski definition) is 1. The molecule has 16 heteroatoms. The summed E-state index contributed by atoms with van der Waals surface area (Å²) < 4.78 is 65.8. The number of carbonyl (C=O) groups is 3. The molecule has 0 radical (unpaired) electrons. The fourth-order valence-electron chi connectivity index (χ4n) is 5.41. The predicted molar refractivity (Wildman–Crippen MR) is 194 cm³/mol. The third-order valence-corrected chi connectivity index (χ3v) is 10.4. The average Bonchev–Trinajstić information content (AvgIpc) is 3.46. The van der Waals surface area contributed by atoms with Gasteiger partial charge in [-0.25, -0.2) is 18.6 Å². The van der Waals surface area contributed by atoms with E-state index in [2.05, 4.69) is 16.8 Å². The maximum Gasteiger partial charge on any atom is 0.410 e. The molecule has 1 saturated heterocycles. The van der Waals surface area contributed by atoms with Crippen molar-refractivity contribution in [1.82, 2.24) is 18.8 Å². The Morgan fingerprint density at radius 2 is 1.73 bits per heavy atom. The summed E-state index contributed by atoms with van der Waals surface area (Å²) in [6, 6.07) is 7.53. The molecule has 1 fully saturated rings. The van der Waals surface area contributed by atoms with Crippen LogP contribution in [0.4, 0.5) is 19.3 Å². The van der Waals surface area contributed by atoms with E-state index in [0.717, 1.165) is 27.2 Å². The number of fused-ring (bicyclic) bond motifs is 1. The third-order valence-electron chi connectivity index (χ3n) is 8.26. The minimum atomic E-state index is -4.24. The number of piperidine rings is 1. The number of ether oxygens (including phenoxy) is 1. The van der Waals surface area contributed by atoms with Crippen molar-refractivity contribution in [2.75, 3.05) is 31.4 Å². The molecule has 0 bridgehead atoms. The summed E-state index contributed by atoms with van der Waals surface area (Å²) in [6.45, 7) is 7.89. The minimum Gasteiger partial charge on any atom is -0.444 e. The largest absolute Gasteiger partial charge is 0.444 e. The molecule has 1 aliphatic heterocycles. The highest BCUT2D eigenvalue weighted by Gasteiger charge is 2.30. The zero-order chi connectivity index (χ0) is 38.1. The first kappa shape index (κ1) is 38.7. The highest BCUT2D eigenvalue weighted by molar-refractivity contribution is 7.90. The molecule has 274 valence electrons. The van der Waals surface area contributed by atoms with Crippen LogP contribution >= 0.6 is 23.2 Å². The Morgan fingerprint density at radius 1 is 1.08 bits per heavy atom. The zero-order valence-corrected chi connectivity index (χ0v) is 31.2. The number of amides is 1. The first-order valence-electron chi connectivity index (χ1n) is 16.2. The summed E-state index contributed by atoms with van der Waals surface area (Å²) in [5.74, 6) is 1.44. The molecule has 1 amide bonds. The molecule has 2 aromatic heterocycles. The normalized spacial score (nSPS) is 13.9. The smallest absolute Gasteiger partial charge is 0.410 e. The highest BCUT2D eigenvalue weighted by Crippen LogP contribution is 2.32. The zero-order valence-electron chi connectivity index (χ0n) is 28.9. The Hall–Kier alpha value is -4.55. The second kappa shape index (κ2) is 15.2. The van der Waals surface area contributed by atoms with Gasteiger partial charge in [-0.05, 0) is 63.9 Å². The van der Waals surface area contributed by atoms with E-state index < -0.39 is 56.5 Å². The van der Waals surface area contributed by atoms with Crippen molar-refractivity contribution in [2.24, 2.45) is 5.92 Å². The van der Waals surface area contributed by atoms with Crippen molar-refractivity contribution < 1.29 is 36.3 Å². The summed E-state index contributed by atoms with van der Waals surface area (Å²) in [5, 5.41) is 0.0617. The fourth-order valence-corrected chi connectivity index (χ4v) is 6.90. The van der Waals surface area contributed by atoms with Gasteiger partial charge < -0.3 is 9.64 Å². The lowest BCUT2D eigenvalue weighted by molar-refractivity contribution is 0.0199. The second-order valence-corrected chi connectivity index (χ2v) is 15.6. The first-order chi connectivity index (χ1) is 24.4. The van der Waals surface area contributed by atoms with Crippen LogP contribution in [0.2, 0.25) is 10.0 Å². The Kier molecular flexibility index (Phi) is 11.3. The number of likely N-dealkylation sites (tertiary alicyclic amines) is 1. The monoisotopic (exact) mass is 773 g/mol. The van der Waals surface area contributed by atoms with Crippen molar-refractivity contribution in [1.29, 1.82) is 0 Å². The van der Waals surface area contributed by atoms with Crippen molar-refractivity contribution in [3.05, 3.63) is 92.7 Å². The number of rotatable bonds is 7. The van der Waals surface area contributed by atoms with Gasteiger partial charge in [-0.2, -0.15) is 12.7 Å². The molecule has 0 atom stereocenters. The van der Waals surface area contributed by atoms with E-state index in [9.17, 15) is 22.8 Å². The molecule has 0 aliphatic carbocycles. The van der Waals surface area contributed by atoms with E-state index in [1.54, 1.807) is 38.7 Å². The van der Waals surface area contributed by atoms with E-state index in [1.807, 2.05) is 4.72 Å². The van der Waals surface area contributed by atoms with Crippen LogP contribution in [-0.4, -0.2) is 77.2 Å². The number of hydrogen-bond acceptors (Lipinski definition) is 7. The molecule has 1 N–H and O–H groups in total. The van der Waals surface area contributed by atoms with E-state index in [1.165, 1.54) is 31.4 Å². The van der Waals surface area contributed by atoms with E-state index in [-0.39, 0.29) is 44.7 Å². The molecule has 5 rings (SSSR count). The average molecular weight is 775 g/mol.